The van der Waals surface area contributed by atoms with Crippen LogP contribution in [0.3, 0.4) is 0 Å². The van der Waals surface area contributed by atoms with Gasteiger partial charge in [0.15, 0.2) is 0 Å². The number of ketones is 1. The minimum Gasteiger partial charge on any atom is -0.352 e. The van der Waals surface area contributed by atoms with E-state index in [1.165, 1.54) is 19.3 Å². The van der Waals surface area contributed by atoms with Crippen LogP contribution in [-0.4, -0.2) is 24.3 Å². The lowest BCUT2D eigenvalue weighted by atomic mass is 9.72. The van der Waals surface area contributed by atoms with Gasteiger partial charge in [0.25, 0.3) is 5.91 Å². The average Bonchev–Trinajstić information content (AvgIpc) is 2.99. The van der Waals surface area contributed by atoms with Crippen LogP contribution < -0.4 is 11.1 Å². The molecule has 0 heterocycles. The third-order valence-corrected chi connectivity index (χ3v) is 7.71. The Labute approximate surface area is 196 Å². The van der Waals surface area contributed by atoms with Crippen LogP contribution in [0.5, 0.6) is 0 Å². The molecule has 0 aromatic heterocycles. The molecule has 0 radical (unpaired) electrons. The van der Waals surface area contributed by atoms with E-state index in [9.17, 15) is 9.59 Å². The first kappa shape index (κ1) is 24.5. The number of hydrogen-bond acceptors (Lipinski definition) is 3. The molecule has 172 valence electrons. The number of hydrogen-bond donors (Lipinski definition) is 2. The van der Waals surface area contributed by atoms with Crippen LogP contribution in [0.25, 0.3) is 0 Å². The van der Waals surface area contributed by atoms with Gasteiger partial charge in [-0.05, 0) is 79.4 Å². The number of carbonyl (C=O) groups is 2. The van der Waals surface area contributed by atoms with Crippen LogP contribution in [0.2, 0.25) is 10.0 Å². The zero-order valence-corrected chi connectivity index (χ0v) is 20.4. The molecule has 3 aliphatic carbocycles. The summed E-state index contributed by atoms with van der Waals surface area (Å²) < 4.78 is 0. The van der Waals surface area contributed by atoms with Crippen molar-refractivity contribution in [1.29, 1.82) is 0 Å². The third kappa shape index (κ3) is 6.69. The lowest BCUT2D eigenvalue weighted by molar-refractivity contribution is -0.122. The summed E-state index contributed by atoms with van der Waals surface area (Å²) in [7, 11) is 0. The van der Waals surface area contributed by atoms with Crippen molar-refractivity contribution >= 4 is 34.9 Å². The maximum absolute atomic E-state index is 12.6. The van der Waals surface area contributed by atoms with Crippen molar-refractivity contribution in [3.63, 3.8) is 0 Å². The zero-order chi connectivity index (χ0) is 22.8. The number of fused-ring (bicyclic) bond motifs is 4. The summed E-state index contributed by atoms with van der Waals surface area (Å²) in [5.74, 6) is 2.48. The van der Waals surface area contributed by atoms with E-state index in [2.05, 4.69) is 5.32 Å². The Morgan fingerprint density at radius 2 is 1.77 bits per heavy atom. The lowest BCUT2D eigenvalue weighted by Crippen LogP contribution is -2.42. The Kier molecular flexibility index (Phi) is 8.10. The Balaban J connectivity index is 1.53. The van der Waals surface area contributed by atoms with Gasteiger partial charge >= 0.3 is 0 Å². The highest BCUT2D eigenvalue weighted by Gasteiger charge is 2.38. The van der Waals surface area contributed by atoms with Crippen LogP contribution in [0.4, 0.5) is 0 Å². The molecule has 31 heavy (non-hydrogen) atoms. The zero-order valence-electron chi connectivity index (χ0n) is 18.9. The van der Waals surface area contributed by atoms with Crippen molar-refractivity contribution in [3.8, 4) is 0 Å². The van der Waals surface area contributed by atoms with Crippen molar-refractivity contribution in [2.75, 3.05) is 6.54 Å². The second kappa shape index (κ2) is 10.2. The van der Waals surface area contributed by atoms with Gasteiger partial charge in [0.1, 0.15) is 5.78 Å². The summed E-state index contributed by atoms with van der Waals surface area (Å²) in [6.45, 7) is 6.76. The molecule has 4 nitrogen and oxygen atoms in total. The van der Waals surface area contributed by atoms with Gasteiger partial charge < -0.3 is 11.1 Å². The Hall–Kier alpha value is -1.10. The van der Waals surface area contributed by atoms with Gasteiger partial charge in [0.2, 0.25) is 0 Å². The quantitative estimate of drug-likeness (QED) is 0.525. The standard InChI is InChI=1S/C25H36Cl2N2O2/c1-25(2,3)23(28)22(30)7-6-18-9-15-4-5-17(18)10-16(8-15)14-29-24(31)19-11-20(26)13-21(27)12-19/h11-13,15-18,23H,4-10,14,28H2,1-3H3,(H,29,31)/t15-,16-,17+,18?,23+/m0/s1. The predicted octanol–water partition coefficient (Wildman–Crippen LogP) is 5.89. The van der Waals surface area contributed by atoms with Gasteiger partial charge in [0.05, 0.1) is 6.04 Å². The first-order valence-corrected chi connectivity index (χ1v) is 12.3. The fraction of sp³-hybridized carbons (Fsp3) is 0.680. The molecule has 1 amide bonds. The first-order valence-electron chi connectivity index (χ1n) is 11.6. The van der Waals surface area contributed by atoms with Crippen molar-refractivity contribution < 1.29 is 9.59 Å². The van der Waals surface area contributed by atoms with Crippen molar-refractivity contribution in [2.45, 2.75) is 71.8 Å². The Morgan fingerprint density at radius 3 is 2.42 bits per heavy atom. The number of amides is 1. The fourth-order valence-electron chi connectivity index (χ4n) is 5.45. The monoisotopic (exact) mass is 466 g/mol. The van der Waals surface area contributed by atoms with Crippen molar-refractivity contribution in [3.05, 3.63) is 33.8 Å². The number of rotatable bonds is 7. The summed E-state index contributed by atoms with van der Waals surface area (Å²) >= 11 is 12.1. The molecule has 3 saturated carbocycles. The van der Waals surface area contributed by atoms with Crippen molar-refractivity contribution in [1.82, 2.24) is 5.32 Å². The summed E-state index contributed by atoms with van der Waals surface area (Å²) in [5.41, 5.74) is 6.48. The van der Waals surface area contributed by atoms with Gasteiger partial charge in [-0.2, -0.15) is 0 Å². The largest absolute Gasteiger partial charge is 0.352 e. The van der Waals surface area contributed by atoms with Crippen LogP contribution in [0, 0.1) is 29.1 Å². The molecular weight excluding hydrogens is 431 g/mol. The summed E-state index contributed by atoms with van der Waals surface area (Å²) in [6.07, 6.45) is 7.52. The van der Waals surface area contributed by atoms with E-state index in [0.717, 1.165) is 19.3 Å². The first-order chi connectivity index (χ1) is 14.5. The molecule has 3 fully saturated rings. The Bertz CT molecular complexity index is 785. The fourth-order valence-corrected chi connectivity index (χ4v) is 5.98. The lowest BCUT2D eigenvalue weighted by Gasteiger charge is -2.33. The van der Waals surface area contributed by atoms with Crippen molar-refractivity contribution in [2.24, 2.45) is 34.8 Å². The van der Waals surface area contributed by atoms with E-state index in [-0.39, 0.29) is 17.1 Å². The second-order valence-corrected chi connectivity index (χ2v) is 11.6. The summed E-state index contributed by atoms with van der Waals surface area (Å²) in [4.78, 5) is 25.1. The molecule has 1 aromatic carbocycles. The molecule has 3 aliphatic rings. The maximum atomic E-state index is 12.6. The van der Waals surface area contributed by atoms with E-state index in [1.54, 1.807) is 18.2 Å². The second-order valence-electron chi connectivity index (χ2n) is 10.8. The van der Waals surface area contributed by atoms with Crippen LogP contribution in [-0.2, 0) is 4.79 Å². The SMILES string of the molecule is CC(C)(C)[C@H](N)C(=O)CCC1C[C@H]2CC[C@@H]1C[C@@H](CNC(=O)c1cc(Cl)cc(Cl)c1)C2. The topological polar surface area (TPSA) is 72.2 Å². The van der Waals surface area contributed by atoms with Gasteiger partial charge in [-0.25, -0.2) is 0 Å². The molecule has 1 aromatic rings. The molecule has 4 rings (SSSR count). The molecular formula is C25H36Cl2N2O2. The van der Waals surface area contributed by atoms with E-state index < -0.39 is 6.04 Å². The number of Topliss-reactive ketones (excluding diaryl/α,β-unsaturated/α-hetero) is 1. The highest BCUT2D eigenvalue weighted by atomic mass is 35.5. The predicted molar refractivity (Wildman–Crippen MR) is 128 cm³/mol. The molecule has 5 atom stereocenters. The highest BCUT2D eigenvalue weighted by molar-refractivity contribution is 6.35. The van der Waals surface area contributed by atoms with Crippen LogP contribution >= 0.6 is 23.2 Å². The molecule has 3 N–H and O–H groups in total. The summed E-state index contributed by atoms with van der Waals surface area (Å²) in [5, 5.41) is 4.02. The molecule has 6 heteroatoms. The molecule has 1 unspecified atom stereocenters. The van der Waals surface area contributed by atoms with E-state index in [1.807, 2.05) is 20.8 Å². The number of carbonyl (C=O) groups excluding carboxylic acids is 2. The minimum absolute atomic E-state index is 0.126. The van der Waals surface area contributed by atoms with Gasteiger partial charge in [-0.1, -0.05) is 50.4 Å². The maximum Gasteiger partial charge on any atom is 0.251 e. The average molecular weight is 467 g/mol. The van der Waals surface area contributed by atoms with Gasteiger partial charge in [-0.15, -0.1) is 0 Å². The Morgan fingerprint density at radius 1 is 1.10 bits per heavy atom. The van der Waals surface area contributed by atoms with Gasteiger partial charge in [0, 0.05) is 28.6 Å². The van der Waals surface area contributed by atoms with Crippen LogP contribution in [0.1, 0.15) is 76.1 Å². The highest BCUT2D eigenvalue weighted by Crippen LogP contribution is 2.46. The molecule has 0 spiro atoms. The minimum atomic E-state index is -0.390. The molecule has 2 bridgehead atoms. The number of halogens is 2. The third-order valence-electron chi connectivity index (χ3n) is 7.27. The van der Waals surface area contributed by atoms with E-state index >= 15 is 0 Å². The normalized spacial score (nSPS) is 26.9. The number of benzene rings is 1. The van der Waals surface area contributed by atoms with Gasteiger partial charge in [-0.3, -0.25) is 9.59 Å². The van der Waals surface area contributed by atoms with E-state index in [0.29, 0.717) is 52.2 Å². The number of nitrogens with two attached hydrogens (primary N) is 1. The molecule has 0 aliphatic heterocycles. The van der Waals surface area contributed by atoms with Crippen LogP contribution in [0.15, 0.2) is 18.2 Å². The van der Waals surface area contributed by atoms with E-state index in [4.69, 9.17) is 28.9 Å². The number of nitrogens with one attached hydrogen (secondary N) is 1. The molecule has 0 saturated heterocycles. The summed E-state index contributed by atoms with van der Waals surface area (Å²) in [6, 6.07) is 4.53. The smallest absolute Gasteiger partial charge is 0.251 e.